The Labute approximate surface area is 339 Å². The zero-order valence-corrected chi connectivity index (χ0v) is 33.4. The molecule has 0 spiro atoms. The van der Waals surface area contributed by atoms with Gasteiger partial charge < -0.3 is 29.9 Å². The number of hydrogen-bond acceptors (Lipinski definition) is 18. The van der Waals surface area contributed by atoms with Gasteiger partial charge in [-0.15, -0.1) is 0 Å². The predicted octanol–water partition coefficient (Wildman–Crippen LogP) is 3.62. The molecule has 318 valence electrons. The van der Waals surface area contributed by atoms with Crippen LogP contribution in [-0.4, -0.2) is 95.0 Å². The van der Waals surface area contributed by atoms with Crippen LogP contribution in [0.4, 0.5) is 14.6 Å². The number of anilines is 1. The Morgan fingerprint density at radius 2 is 1.72 bits per heavy atom. The number of nitrogens with one attached hydrogen (secondary N) is 1. The van der Waals surface area contributed by atoms with Crippen molar-refractivity contribution < 1.29 is 65.0 Å². The molecule has 5 aromatic rings. The van der Waals surface area contributed by atoms with E-state index < -0.39 is 94.3 Å². The van der Waals surface area contributed by atoms with Crippen molar-refractivity contribution in [2.75, 3.05) is 18.9 Å². The fourth-order valence-electron chi connectivity index (χ4n) is 6.64. The number of nitrogens with two attached hydrogens (primary N) is 1. The van der Waals surface area contributed by atoms with Crippen molar-refractivity contribution in [2.24, 2.45) is 0 Å². The lowest BCUT2D eigenvalue weighted by molar-refractivity contribution is -0.0635. The first kappa shape index (κ1) is 41.8. The number of nitrogens with zero attached hydrogens (tertiary/aromatic N) is 5. The molecule has 0 radical (unpaired) electrons. The number of hydrogen-bond donors (Lipinski definition) is 4. The maximum Gasteiger partial charge on any atom is 0.472 e. The van der Waals surface area contributed by atoms with Crippen molar-refractivity contribution in [2.45, 2.75) is 61.9 Å². The van der Waals surface area contributed by atoms with E-state index in [0.717, 1.165) is 34.1 Å². The summed E-state index contributed by atoms with van der Waals surface area (Å²) in [6.07, 6.45) is -11.9. The molecule has 10 atom stereocenters. The number of halogens is 2. The number of benzene rings is 2. The van der Waals surface area contributed by atoms with E-state index in [1.54, 1.807) is 6.92 Å². The van der Waals surface area contributed by atoms with E-state index in [4.69, 9.17) is 38.0 Å². The van der Waals surface area contributed by atoms with E-state index in [1.165, 1.54) is 42.5 Å². The normalized spacial score (nSPS) is 30.9. The zero-order chi connectivity index (χ0) is 42.5. The second-order valence-electron chi connectivity index (χ2n) is 13.6. The monoisotopic (exact) mass is 895 g/mol. The number of phosphoric acid groups is 1. The third-order valence-electron chi connectivity index (χ3n) is 9.58. The first-order chi connectivity index (χ1) is 28.6. The minimum atomic E-state index is -5.27. The number of ether oxygens (including phenoxy) is 3. The number of carbonyl (C=O) groups is 1. The second kappa shape index (κ2) is 16.5. The van der Waals surface area contributed by atoms with Crippen molar-refractivity contribution in [3.8, 4) is 11.5 Å². The molecule has 1 unspecified atom stereocenters. The van der Waals surface area contributed by atoms with E-state index in [2.05, 4.69) is 15.0 Å². The number of nitrogen functional groups attached to an aromatic ring is 1. The van der Waals surface area contributed by atoms with Gasteiger partial charge in [0.05, 0.1) is 25.1 Å². The van der Waals surface area contributed by atoms with Crippen molar-refractivity contribution in [1.82, 2.24) is 29.1 Å². The summed E-state index contributed by atoms with van der Waals surface area (Å²) in [5.41, 5.74) is 5.37. The lowest BCUT2D eigenvalue weighted by Crippen LogP contribution is -2.37. The molecule has 21 nitrogen and oxygen atoms in total. The molecular formula is C34H33F2N7O14P2S. The summed E-state index contributed by atoms with van der Waals surface area (Å²) in [6, 6.07) is 11.1. The van der Waals surface area contributed by atoms with E-state index in [-0.39, 0.29) is 39.8 Å². The number of phenols is 1. The van der Waals surface area contributed by atoms with Crippen LogP contribution in [-0.2, 0) is 42.5 Å². The van der Waals surface area contributed by atoms with Crippen molar-refractivity contribution in [3.63, 3.8) is 0 Å². The highest BCUT2D eigenvalue weighted by atomic mass is 32.7. The van der Waals surface area contributed by atoms with Crippen molar-refractivity contribution in [1.29, 1.82) is 0 Å². The molecule has 2 aromatic carbocycles. The maximum absolute atomic E-state index is 16.4. The molecule has 5 N–H and O–H groups in total. The zero-order valence-electron chi connectivity index (χ0n) is 30.8. The fraction of sp³-hybridized carbons (Fsp3) is 0.353. The average Bonchev–Trinajstić information content (AvgIpc) is 3.86. The largest absolute Gasteiger partial charge is 0.508 e. The minimum absolute atomic E-state index is 0.0209. The number of phenolic OH excluding ortho intramolecular Hbond substituents is 1. The first-order valence-corrected chi connectivity index (χ1v) is 22.4. The number of aromatic nitrogens is 6. The molecule has 2 bridgehead atoms. The summed E-state index contributed by atoms with van der Waals surface area (Å²) in [6.45, 7) is -4.93. The highest BCUT2D eigenvalue weighted by Crippen LogP contribution is 2.65. The summed E-state index contributed by atoms with van der Waals surface area (Å²) in [7, 11) is -5.27. The van der Waals surface area contributed by atoms with Gasteiger partial charge in [-0.25, -0.2) is 42.5 Å². The van der Waals surface area contributed by atoms with Gasteiger partial charge >= 0.3 is 26.3 Å². The standard InChI is InChI=1S/C34H33F2N7O14P2S/c1-16-10-18(44)4-7-20(16)33(46)53-19-5-2-17(3-6-19)13-60-59(50)52-12-22-27(25(36)31(55-22)43-15-40-26-29(37)38-14-39-30(26)43)56-58(48,49)51-11-21-24(35)28(57-59)32(54-21)42-9-8-23(45)41-34(42)47/h2-10,14-15,21-22,24-25,27-28,31-32,44H,11-13H2,1H3,(H,48,49)(H2,37,38,39)(H,41,45,47)/t21-,22-,24-,25-,27-,28-,31-,32-,59+/m1/s1. The average molecular weight is 896 g/mol. The molecule has 26 heteroatoms. The second-order valence-corrected chi connectivity index (χ2v) is 19.0. The summed E-state index contributed by atoms with van der Waals surface area (Å²) in [5.74, 6) is -0.740. The number of rotatable bonds is 7. The topological polar surface area (TPSA) is 281 Å². The summed E-state index contributed by atoms with van der Waals surface area (Å²) >= 11 is 0.550. The SMILES string of the molecule is Cc1cc(O)ccc1C(=O)Oc1ccc(CS[P@@]2(=O)OC[C@H]3O[C@@H](n4cnc5c(N)ncnc54)[C@H](F)[C@@H]3OP(=O)(O)OC[C@H]3O[C@@H](n4ccc(=O)[nH]c4=O)[C@H](O2)[C@@H]3F)cc1. The molecule has 8 rings (SSSR count). The molecule has 0 saturated carbocycles. The Bertz CT molecular complexity index is 2660. The van der Waals surface area contributed by atoms with Crippen LogP contribution < -0.4 is 21.7 Å². The number of aromatic hydroxyl groups is 1. The maximum atomic E-state index is 16.4. The smallest absolute Gasteiger partial charge is 0.472 e. The fourth-order valence-corrected chi connectivity index (χ4v) is 10.9. The van der Waals surface area contributed by atoms with Gasteiger partial charge in [-0.05, 0) is 59.8 Å². The Morgan fingerprint density at radius 1 is 0.967 bits per heavy atom. The lowest BCUT2D eigenvalue weighted by atomic mass is 10.1. The van der Waals surface area contributed by atoms with Crippen LogP contribution in [0.3, 0.4) is 0 Å². The third-order valence-corrected chi connectivity index (χ3v) is 14.2. The van der Waals surface area contributed by atoms with Gasteiger partial charge in [0.2, 0.25) is 0 Å². The van der Waals surface area contributed by atoms with Gasteiger partial charge in [-0.2, -0.15) is 0 Å². The van der Waals surface area contributed by atoms with E-state index in [9.17, 15) is 33.5 Å². The molecule has 60 heavy (non-hydrogen) atoms. The first-order valence-electron chi connectivity index (χ1n) is 17.8. The number of fused-ring (bicyclic) bond motifs is 4. The molecule has 0 aliphatic carbocycles. The van der Waals surface area contributed by atoms with Crippen LogP contribution in [0, 0.1) is 6.92 Å². The highest BCUT2D eigenvalue weighted by molar-refractivity contribution is 8.54. The molecule has 6 heterocycles. The molecule has 3 fully saturated rings. The van der Waals surface area contributed by atoms with Crippen LogP contribution in [0.15, 0.2) is 77.0 Å². The number of esters is 1. The van der Waals surface area contributed by atoms with Crippen LogP contribution in [0.5, 0.6) is 11.5 Å². The molecule has 3 aromatic heterocycles. The lowest BCUT2D eigenvalue weighted by Gasteiger charge is -2.27. The van der Waals surface area contributed by atoms with Crippen LogP contribution in [0.2, 0.25) is 0 Å². The van der Waals surface area contributed by atoms with E-state index in [1.807, 2.05) is 4.98 Å². The minimum Gasteiger partial charge on any atom is -0.508 e. The van der Waals surface area contributed by atoms with Gasteiger partial charge in [0, 0.05) is 18.0 Å². The summed E-state index contributed by atoms with van der Waals surface area (Å²) in [4.78, 5) is 62.3. The van der Waals surface area contributed by atoms with Gasteiger partial charge in [-0.3, -0.25) is 37.0 Å². The number of phosphoric ester groups is 1. The molecule has 3 aliphatic rings. The Morgan fingerprint density at radius 3 is 2.47 bits per heavy atom. The van der Waals surface area contributed by atoms with Gasteiger partial charge in [0.25, 0.3) is 5.56 Å². The number of H-pyrrole nitrogens is 1. The Kier molecular flexibility index (Phi) is 11.5. The number of alkyl halides is 2. The quantitative estimate of drug-likeness (QED) is 0.103. The van der Waals surface area contributed by atoms with Gasteiger partial charge in [0.15, 0.2) is 36.3 Å². The number of carbonyl (C=O) groups excluding carboxylic acids is 1. The highest BCUT2D eigenvalue weighted by Gasteiger charge is 2.55. The van der Waals surface area contributed by atoms with Crippen LogP contribution >= 0.6 is 26.0 Å². The van der Waals surface area contributed by atoms with Crippen molar-refractivity contribution in [3.05, 3.63) is 105 Å². The molecule has 3 aliphatic heterocycles. The van der Waals surface area contributed by atoms with Crippen LogP contribution in [0.25, 0.3) is 11.2 Å². The molecule has 0 amide bonds. The summed E-state index contributed by atoms with van der Waals surface area (Å²) < 4.78 is 102. The molecule has 3 saturated heterocycles. The van der Waals surface area contributed by atoms with Crippen LogP contribution in [0.1, 0.15) is 33.9 Å². The Hall–Kier alpha value is -4.87. The predicted molar refractivity (Wildman–Crippen MR) is 203 cm³/mol. The van der Waals surface area contributed by atoms with Crippen molar-refractivity contribution >= 4 is 49.0 Å². The summed E-state index contributed by atoms with van der Waals surface area (Å²) in [5, 5.41) is 9.67. The van der Waals surface area contributed by atoms with E-state index in [0.29, 0.717) is 22.5 Å². The van der Waals surface area contributed by atoms with Gasteiger partial charge in [-0.1, -0.05) is 12.1 Å². The Balaban J connectivity index is 1.09. The number of aryl methyl sites for hydroxylation is 1. The van der Waals surface area contributed by atoms with Gasteiger partial charge in [0.1, 0.15) is 47.8 Å². The number of imidazole rings is 1. The number of aromatic amines is 1. The molecular weight excluding hydrogens is 862 g/mol. The van der Waals surface area contributed by atoms with E-state index >= 15 is 8.78 Å². The third kappa shape index (κ3) is 8.53.